The first kappa shape index (κ1) is 12.4. The van der Waals surface area contributed by atoms with E-state index in [0.29, 0.717) is 16.1 Å². The van der Waals surface area contributed by atoms with Crippen LogP contribution in [0.25, 0.3) is 21.8 Å². The van der Waals surface area contributed by atoms with Crippen LogP contribution in [0.4, 0.5) is 0 Å². The summed E-state index contributed by atoms with van der Waals surface area (Å²) >= 11 is 1.34. The molecule has 0 radical (unpaired) electrons. The van der Waals surface area contributed by atoms with E-state index in [2.05, 4.69) is 9.97 Å². The lowest BCUT2D eigenvalue weighted by molar-refractivity contribution is 0.0750. The Bertz CT molecular complexity index is 842. The van der Waals surface area contributed by atoms with Gasteiger partial charge in [-0.05, 0) is 12.1 Å². The Morgan fingerprint density at radius 1 is 1.10 bits per heavy atom. The van der Waals surface area contributed by atoms with Crippen molar-refractivity contribution in [2.45, 2.75) is 6.10 Å². The van der Waals surface area contributed by atoms with Crippen molar-refractivity contribution in [1.29, 1.82) is 0 Å². The van der Waals surface area contributed by atoms with Gasteiger partial charge in [0.1, 0.15) is 5.01 Å². The van der Waals surface area contributed by atoms with Crippen LogP contribution in [0, 0.1) is 0 Å². The van der Waals surface area contributed by atoms with Crippen molar-refractivity contribution in [3.8, 4) is 21.8 Å². The van der Waals surface area contributed by atoms with Crippen LogP contribution in [0.5, 0.6) is 0 Å². The number of ketones is 1. The number of fused-ring (bicyclic) bond motifs is 3. The normalized spacial score (nSPS) is 16.4. The third kappa shape index (κ3) is 1.82. The third-order valence-corrected chi connectivity index (χ3v) is 4.66. The average molecular weight is 294 g/mol. The molecule has 5 heteroatoms. The molecule has 4 nitrogen and oxygen atoms in total. The van der Waals surface area contributed by atoms with E-state index in [0.717, 1.165) is 16.1 Å². The molecular weight excluding hydrogens is 284 g/mol. The van der Waals surface area contributed by atoms with Gasteiger partial charge in [0.05, 0.1) is 10.6 Å². The van der Waals surface area contributed by atoms with Crippen molar-refractivity contribution in [3.63, 3.8) is 0 Å². The van der Waals surface area contributed by atoms with Gasteiger partial charge in [0.25, 0.3) is 0 Å². The van der Waals surface area contributed by atoms with E-state index in [9.17, 15) is 9.90 Å². The molecule has 2 aromatic heterocycles. The summed E-state index contributed by atoms with van der Waals surface area (Å²) in [6.45, 7) is 0. The summed E-state index contributed by atoms with van der Waals surface area (Å²) in [7, 11) is 0. The fraction of sp³-hybridized carbons (Fsp3) is 0.0625. The highest BCUT2D eigenvalue weighted by Gasteiger charge is 2.33. The van der Waals surface area contributed by atoms with Crippen molar-refractivity contribution >= 4 is 17.1 Å². The summed E-state index contributed by atoms with van der Waals surface area (Å²) in [4.78, 5) is 21.5. The second kappa shape index (κ2) is 4.58. The highest BCUT2D eigenvalue weighted by molar-refractivity contribution is 7.15. The SMILES string of the molecule is O=C1c2ccccc2-c2nc(-c3cccnc3)sc2C1O. The second-order valence-electron chi connectivity index (χ2n) is 4.79. The van der Waals surface area contributed by atoms with Crippen LogP contribution in [0.15, 0.2) is 48.8 Å². The van der Waals surface area contributed by atoms with E-state index in [1.165, 1.54) is 11.3 Å². The number of carbonyl (C=O) groups excluding carboxylic acids is 1. The predicted molar refractivity (Wildman–Crippen MR) is 80.1 cm³/mol. The molecule has 1 aliphatic carbocycles. The number of hydrogen-bond donors (Lipinski definition) is 1. The van der Waals surface area contributed by atoms with Crippen molar-refractivity contribution in [2.24, 2.45) is 0 Å². The Labute approximate surface area is 124 Å². The minimum atomic E-state index is -1.13. The van der Waals surface area contributed by atoms with Crippen molar-refractivity contribution in [2.75, 3.05) is 0 Å². The van der Waals surface area contributed by atoms with Gasteiger partial charge in [-0.25, -0.2) is 4.98 Å². The van der Waals surface area contributed by atoms with Gasteiger partial charge in [-0.1, -0.05) is 24.3 Å². The van der Waals surface area contributed by atoms with Crippen LogP contribution in [0.3, 0.4) is 0 Å². The van der Waals surface area contributed by atoms with Gasteiger partial charge in [0.15, 0.2) is 11.9 Å². The molecule has 3 aromatic rings. The lowest BCUT2D eigenvalue weighted by Gasteiger charge is -2.18. The number of benzene rings is 1. The van der Waals surface area contributed by atoms with Crippen LogP contribution in [-0.4, -0.2) is 20.9 Å². The Kier molecular flexibility index (Phi) is 2.70. The molecule has 1 unspecified atom stereocenters. The number of carbonyl (C=O) groups is 1. The van der Waals surface area contributed by atoms with E-state index in [1.807, 2.05) is 24.3 Å². The zero-order chi connectivity index (χ0) is 14.4. The molecule has 0 aliphatic heterocycles. The molecule has 1 N–H and O–H groups in total. The molecule has 0 spiro atoms. The summed E-state index contributed by atoms with van der Waals surface area (Å²) in [5, 5.41) is 11.0. The minimum absolute atomic E-state index is 0.264. The number of aliphatic hydroxyl groups is 1. The van der Waals surface area contributed by atoms with E-state index < -0.39 is 6.10 Å². The van der Waals surface area contributed by atoms with Crippen LogP contribution in [-0.2, 0) is 0 Å². The van der Waals surface area contributed by atoms with E-state index >= 15 is 0 Å². The molecule has 1 aromatic carbocycles. The fourth-order valence-corrected chi connectivity index (χ4v) is 3.55. The predicted octanol–water partition coefficient (Wildman–Crippen LogP) is 3.10. The molecule has 21 heavy (non-hydrogen) atoms. The number of aromatic nitrogens is 2. The Morgan fingerprint density at radius 2 is 1.90 bits per heavy atom. The Balaban J connectivity index is 1.95. The van der Waals surface area contributed by atoms with Gasteiger partial charge in [-0.15, -0.1) is 11.3 Å². The smallest absolute Gasteiger partial charge is 0.197 e. The van der Waals surface area contributed by atoms with Gasteiger partial charge in [0, 0.05) is 29.1 Å². The standard InChI is InChI=1S/C16H10N2O2S/c19-13-11-6-2-1-5-10(11)12-15(14(13)20)21-16(18-12)9-4-3-7-17-8-9/h1-8,14,20H. The van der Waals surface area contributed by atoms with Crippen molar-refractivity contribution in [1.82, 2.24) is 9.97 Å². The molecule has 102 valence electrons. The van der Waals surface area contributed by atoms with Crippen LogP contribution < -0.4 is 0 Å². The highest BCUT2D eigenvalue weighted by atomic mass is 32.1. The monoisotopic (exact) mass is 294 g/mol. The minimum Gasteiger partial charge on any atom is -0.379 e. The number of hydrogen-bond acceptors (Lipinski definition) is 5. The number of nitrogens with zero attached hydrogens (tertiary/aromatic N) is 2. The molecule has 0 amide bonds. The Hall–Kier alpha value is -2.37. The maximum atomic E-state index is 12.2. The van der Waals surface area contributed by atoms with Crippen LogP contribution >= 0.6 is 11.3 Å². The first-order valence-corrected chi connectivity index (χ1v) is 7.30. The van der Waals surface area contributed by atoms with Crippen LogP contribution in [0.1, 0.15) is 21.3 Å². The van der Waals surface area contributed by atoms with Crippen molar-refractivity contribution in [3.05, 3.63) is 59.2 Å². The van der Waals surface area contributed by atoms with Crippen molar-refractivity contribution < 1.29 is 9.90 Å². The number of pyridine rings is 1. The molecular formula is C16H10N2O2S. The number of Topliss-reactive ketones (excluding diaryl/α,β-unsaturated/α-hetero) is 1. The molecule has 0 saturated carbocycles. The van der Waals surface area contributed by atoms with Gasteiger partial charge < -0.3 is 5.11 Å². The maximum absolute atomic E-state index is 12.2. The second-order valence-corrected chi connectivity index (χ2v) is 5.82. The highest BCUT2D eigenvalue weighted by Crippen LogP contribution is 2.43. The maximum Gasteiger partial charge on any atom is 0.197 e. The largest absolute Gasteiger partial charge is 0.379 e. The molecule has 0 fully saturated rings. The number of thiazole rings is 1. The van der Waals surface area contributed by atoms with Gasteiger partial charge in [-0.2, -0.15) is 0 Å². The fourth-order valence-electron chi connectivity index (χ4n) is 2.49. The third-order valence-electron chi connectivity index (χ3n) is 3.51. The molecule has 2 heterocycles. The first-order chi connectivity index (χ1) is 10.3. The molecule has 0 saturated heterocycles. The quantitative estimate of drug-likeness (QED) is 0.749. The van der Waals surface area contributed by atoms with Gasteiger partial charge in [0.2, 0.25) is 0 Å². The zero-order valence-electron chi connectivity index (χ0n) is 10.9. The van der Waals surface area contributed by atoms with Gasteiger partial charge in [-0.3, -0.25) is 9.78 Å². The topological polar surface area (TPSA) is 63.1 Å². The molecule has 1 aliphatic rings. The summed E-state index contributed by atoms with van der Waals surface area (Å²) in [5.74, 6) is -0.264. The number of aliphatic hydroxyl groups excluding tert-OH is 1. The molecule has 1 atom stereocenters. The summed E-state index contributed by atoms with van der Waals surface area (Å²) in [5.41, 5.74) is 2.89. The Morgan fingerprint density at radius 3 is 2.67 bits per heavy atom. The van der Waals surface area contributed by atoms with Crippen LogP contribution in [0.2, 0.25) is 0 Å². The molecule has 0 bridgehead atoms. The summed E-state index contributed by atoms with van der Waals surface area (Å²) < 4.78 is 0. The lowest BCUT2D eigenvalue weighted by Crippen LogP contribution is -2.17. The van der Waals surface area contributed by atoms with E-state index in [4.69, 9.17) is 0 Å². The summed E-state index contributed by atoms with van der Waals surface area (Å²) in [6, 6.07) is 11.0. The number of rotatable bonds is 1. The lowest BCUT2D eigenvalue weighted by atomic mass is 9.91. The average Bonchev–Trinajstić information content (AvgIpc) is 2.99. The van der Waals surface area contributed by atoms with E-state index in [-0.39, 0.29) is 5.78 Å². The van der Waals surface area contributed by atoms with E-state index in [1.54, 1.807) is 24.5 Å². The van der Waals surface area contributed by atoms with Gasteiger partial charge >= 0.3 is 0 Å². The first-order valence-electron chi connectivity index (χ1n) is 6.48. The molecule has 4 rings (SSSR count). The summed E-state index contributed by atoms with van der Waals surface area (Å²) in [6.07, 6.45) is 2.30. The zero-order valence-corrected chi connectivity index (χ0v) is 11.7.